The molecule has 2 aromatic rings. The number of rotatable bonds is 8. The van der Waals surface area contributed by atoms with Crippen LogP contribution in [-0.4, -0.2) is 61.5 Å². The predicted molar refractivity (Wildman–Crippen MR) is 117 cm³/mol. The maximum Gasteiger partial charge on any atom is 0.244 e. The Hall–Kier alpha value is -1.91. The molecule has 1 fully saturated rings. The number of anilines is 1. The van der Waals surface area contributed by atoms with Gasteiger partial charge in [0.15, 0.2) is 0 Å². The first-order valence-electron chi connectivity index (χ1n) is 9.50. The molecule has 30 heavy (non-hydrogen) atoms. The molecule has 1 N–H and O–H groups in total. The molecule has 1 aromatic carbocycles. The number of hydrogen-bond donors (Lipinski definition) is 1. The second-order valence-electron chi connectivity index (χ2n) is 7.44. The van der Waals surface area contributed by atoms with E-state index < -0.39 is 15.6 Å². The second kappa shape index (κ2) is 9.07. The highest BCUT2D eigenvalue weighted by molar-refractivity contribution is 7.89. The van der Waals surface area contributed by atoms with E-state index in [0.717, 1.165) is 11.3 Å². The molecule has 1 aliphatic heterocycles. The number of methoxy groups -OCH3 is 1. The summed E-state index contributed by atoms with van der Waals surface area (Å²) in [5, 5.41) is 7.63. The highest BCUT2D eigenvalue weighted by Crippen LogP contribution is 2.30. The van der Waals surface area contributed by atoms with Gasteiger partial charge in [0, 0.05) is 38.5 Å². The fourth-order valence-corrected chi connectivity index (χ4v) is 5.56. The van der Waals surface area contributed by atoms with Crippen molar-refractivity contribution in [1.29, 1.82) is 0 Å². The van der Waals surface area contributed by atoms with Gasteiger partial charge in [-0.2, -0.15) is 9.40 Å². The summed E-state index contributed by atoms with van der Waals surface area (Å²) in [7, 11) is -0.347. The number of halogens is 1. The van der Waals surface area contributed by atoms with E-state index in [1.807, 2.05) is 14.0 Å². The summed E-state index contributed by atoms with van der Waals surface area (Å²) in [5.74, 6) is 0. The van der Waals surface area contributed by atoms with E-state index in [0.29, 0.717) is 25.4 Å². The number of benzene rings is 1. The molecule has 0 aliphatic carbocycles. The summed E-state index contributed by atoms with van der Waals surface area (Å²) < 4.78 is 40.4. The van der Waals surface area contributed by atoms with Gasteiger partial charge >= 0.3 is 0 Å². The van der Waals surface area contributed by atoms with E-state index in [1.165, 1.54) is 10.4 Å². The molecule has 1 unspecified atom stereocenters. The number of nitrogens with zero attached hydrogens (tertiary/aromatic N) is 3. The van der Waals surface area contributed by atoms with Crippen molar-refractivity contribution in [1.82, 2.24) is 14.1 Å². The van der Waals surface area contributed by atoms with Crippen LogP contribution in [0.4, 0.5) is 5.69 Å². The molecule has 1 aliphatic rings. The van der Waals surface area contributed by atoms with Crippen molar-refractivity contribution in [2.45, 2.75) is 24.0 Å². The topological polar surface area (TPSA) is 85.7 Å². The first-order chi connectivity index (χ1) is 14.2. The minimum Gasteiger partial charge on any atom is -0.382 e. The minimum absolute atomic E-state index is 0.0729. The van der Waals surface area contributed by atoms with Gasteiger partial charge < -0.3 is 14.8 Å². The monoisotopic (exact) mass is 454 g/mol. The Balaban J connectivity index is 1.77. The number of morpholine rings is 1. The number of aryl methyl sites for hydroxylation is 1. The molecule has 1 aromatic heterocycles. The van der Waals surface area contributed by atoms with Crippen molar-refractivity contribution in [3.05, 3.63) is 47.3 Å². The summed E-state index contributed by atoms with van der Waals surface area (Å²) in [6.45, 7) is 7.19. The molecule has 2 heterocycles. The third kappa shape index (κ3) is 4.70. The highest BCUT2D eigenvalue weighted by atomic mass is 35.5. The predicted octanol–water partition coefficient (Wildman–Crippen LogP) is 2.75. The molecule has 3 rings (SSSR count). The molecular formula is C20H27ClN4O4S. The average molecular weight is 455 g/mol. The minimum atomic E-state index is -3.76. The van der Waals surface area contributed by atoms with E-state index in [9.17, 15) is 8.42 Å². The SMILES string of the molecule is C=Cc1cnn(C)c1CNc1ccc(S(=O)(=O)N2CCOC(C)(COC)C2)c(Cl)c1. The van der Waals surface area contributed by atoms with Gasteiger partial charge in [-0.3, -0.25) is 4.68 Å². The van der Waals surface area contributed by atoms with E-state index in [4.69, 9.17) is 21.1 Å². The van der Waals surface area contributed by atoms with Crippen LogP contribution in [0.3, 0.4) is 0 Å². The molecule has 1 saturated heterocycles. The summed E-state index contributed by atoms with van der Waals surface area (Å²) in [6, 6.07) is 4.85. The van der Waals surface area contributed by atoms with Gasteiger partial charge in [-0.1, -0.05) is 24.3 Å². The van der Waals surface area contributed by atoms with Gasteiger partial charge in [0.2, 0.25) is 10.0 Å². The molecule has 0 radical (unpaired) electrons. The smallest absolute Gasteiger partial charge is 0.244 e. The fraction of sp³-hybridized carbons (Fsp3) is 0.450. The molecule has 10 heteroatoms. The Bertz CT molecular complexity index is 1020. The van der Waals surface area contributed by atoms with E-state index in [1.54, 1.807) is 36.2 Å². The van der Waals surface area contributed by atoms with Crippen molar-refractivity contribution in [3.63, 3.8) is 0 Å². The van der Waals surface area contributed by atoms with Crippen LogP contribution in [0.2, 0.25) is 5.02 Å². The quantitative estimate of drug-likeness (QED) is 0.660. The lowest BCUT2D eigenvalue weighted by Gasteiger charge is -2.39. The van der Waals surface area contributed by atoms with Gasteiger partial charge in [0.05, 0.1) is 36.7 Å². The van der Waals surface area contributed by atoms with Crippen molar-refractivity contribution in [3.8, 4) is 0 Å². The first-order valence-corrected chi connectivity index (χ1v) is 11.3. The normalized spacial score (nSPS) is 20.3. The van der Waals surface area contributed by atoms with Crippen molar-refractivity contribution in [2.75, 3.05) is 38.7 Å². The molecule has 8 nitrogen and oxygen atoms in total. The maximum absolute atomic E-state index is 13.2. The average Bonchev–Trinajstić information content (AvgIpc) is 3.05. The zero-order chi connectivity index (χ0) is 21.9. The Morgan fingerprint density at radius 3 is 2.90 bits per heavy atom. The molecule has 0 saturated carbocycles. The molecule has 0 spiro atoms. The lowest BCUT2D eigenvalue weighted by molar-refractivity contribution is -0.111. The van der Waals surface area contributed by atoms with Crippen LogP contribution < -0.4 is 5.32 Å². The van der Waals surface area contributed by atoms with Crippen molar-refractivity contribution >= 4 is 33.4 Å². The third-order valence-electron chi connectivity index (χ3n) is 5.08. The maximum atomic E-state index is 13.2. The Labute approximate surface area is 182 Å². The Morgan fingerprint density at radius 2 is 2.23 bits per heavy atom. The number of sulfonamides is 1. The fourth-order valence-electron chi connectivity index (χ4n) is 3.50. The van der Waals surface area contributed by atoms with Crippen LogP contribution in [-0.2, 0) is 33.1 Å². The van der Waals surface area contributed by atoms with Gasteiger partial charge in [-0.15, -0.1) is 0 Å². The summed E-state index contributed by atoms with van der Waals surface area (Å²) in [5.41, 5.74) is 1.91. The van der Waals surface area contributed by atoms with Crippen LogP contribution in [0.5, 0.6) is 0 Å². The van der Waals surface area contributed by atoms with Gasteiger partial charge in [0.25, 0.3) is 0 Å². The van der Waals surface area contributed by atoms with E-state index in [-0.39, 0.29) is 23.0 Å². The largest absolute Gasteiger partial charge is 0.382 e. The summed E-state index contributed by atoms with van der Waals surface area (Å²) in [4.78, 5) is 0.0729. The Morgan fingerprint density at radius 1 is 1.47 bits per heavy atom. The van der Waals surface area contributed by atoms with Crippen LogP contribution in [0.1, 0.15) is 18.2 Å². The summed E-state index contributed by atoms with van der Waals surface area (Å²) >= 11 is 6.38. The third-order valence-corrected chi connectivity index (χ3v) is 7.40. The zero-order valence-corrected chi connectivity index (χ0v) is 19.0. The second-order valence-corrected chi connectivity index (χ2v) is 9.76. The van der Waals surface area contributed by atoms with Crippen LogP contribution in [0.25, 0.3) is 6.08 Å². The summed E-state index contributed by atoms with van der Waals surface area (Å²) in [6.07, 6.45) is 3.48. The molecular weight excluding hydrogens is 428 g/mol. The zero-order valence-electron chi connectivity index (χ0n) is 17.4. The molecule has 164 valence electrons. The van der Waals surface area contributed by atoms with Gasteiger partial charge in [-0.05, 0) is 25.1 Å². The van der Waals surface area contributed by atoms with E-state index >= 15 is 0 Å². The number of aromatic nitrogens is 2. The lowest BCUT2D eigenvalue weighted by atomic mass is 10.1. The number of nitrogens with one attached hydrogen (secondary N) is 1. The molecule has 1 atom stereocenters. The molecule has 0 bridgehead atoms. The molecule has 0 amide bonds. The number of ether oxygens (including phenoxy) is 2. The lowest BCUT2D eigenvalue weighted by Crippen LogP contribution is -2.54. The Kier molecular flexibility index (Phi) is 6.88. The standard InChI is InChI=1S/C20H27ClN4O4S/c1-5-15-11-23-24(3)18(15)12-22-16-6-7-19(17(21)10-16)30(26,27)25-8-9-29-20(2,13-25)14-28-4/h5-7,10-11,22H,1,8-9,12-14H2,2-4H3. The van der Waals surface area contributed by atoms with Crippen LogP contribution in [0.15, 0.2) is 35.9 Å². The van der Waals surface area contributed by atoms with Crippen LogP contribution >= 0.6 is 11.6 Å². The van der Waals surface area contributed by atoms with Gasteiger partial charge in [-0.25, -0.2) is 8.42 Å². The van der Waals surface area contributed by atoms with E-state index in [2.05, 4.69) is 17.0 Å². The highest BCUT2D eigenvalue weighted by Gasteiger charge is 2.38. The van der Waals surface area contributed by atoms with Crippen LogP contribution in [0, 0.1) is 0 Å². The van der Waals surface area contributed by atoms with Crippen molar-refractivity contribution < 1.29 is 17.9 Å². The first kappa shape index (κ1) is 22.8. The number of hydrogen-bond acceptors (Lipinski definition) is 6. The van der Waals surface area contributed by atoms with Gasteiger partial charge in [0.1, 0.15) is 10.5 Å². The van der Waals surface area contributed by atoms with Crippen molar-refractivity contribution in [2.24, 2.45) is 7.05 Å².